The predicted octanol–water partition coefficient (Wildman–Crippen LogP) is 2.04. The van der Waals surface area contributed by atoms with Gasteiger partial charge in [-0.2, -0.15) is 4.79 Å². The number of aromatic amines is 1. The molecule has 0 radical (unpaired) electrons. The zero-order valence-corrected chi connectivity index (χ0v) is 25.1. The summed E-state index contributed by atoms with van der Waals surface area (Å²) in [5.74, 6) is -1.06. The molecule has 3 atom stereocenters. The molecule has 2 amide bonds. The molecule has 0 spiro atoms. The number of amides is 2. The Balaban J connectivity index is 2.11. The molecular formula is C30H45N7O5. The Bertz CT molecular complexity index is 1220. The zero-order chi connectivity index (χ0) is 30.9. The van der Waals surface area contributed by atoms with E-state index in [1.54, 1.807) is 13.8 Å². The molecule has 5 N–H and O–H groups in total. The number of rotatable bonds is 20. The second kappa shape index (κ2) is 18.5. The maximum Gasteiger partial charge on any atom is 0.323 e. The molecule has 0 saturated heterocycles. The molecule has 2 rings (SSSR count). The van der Waals surface area contributed by atoms with Gasteiger partial charge in [-0.1, -0.05) is 24.6 Å². The van der Waals surface area contributed by atoms with Crippen LogP contribution in [0, 0.1) is 0 Å². The number of Topliss-reactive ketones (excluding diaryl/α,β-unsaturated/α-hetero) is 1. The summed E-state index contributed by atoms with van der Waals surface area (Å²) in [5.41, 5.74) is 10.8. The van der Waals surface area contributed by atoms with E-state index in [-0.39, 0.29) is 42.8 Å². The Morgan fingerprint density at radius 1 is 1.00 bits per heavy atom. The van der Waals surface area contributed by atoms with E-state index < -0.39 is 17.8 Å². The minimum absolute atomic E-state index is 0.0129. The van der Waals surface area contributed by atoms with Crippen LogP contribution >= 0.6 is 0 Å². The lowest BCUT2D eigenvalue weighted by Gasteiger charge is -2.26. The molecule has 1 aromatic carbocycles. The predicted molar refractivity (Wildman–Crippen MR) is 161 cm³/mol. The fraction of sp³-hybridized carbons (Fsp3) is 0.567. The number of hydrogen-bond donors (Lipinski definition) is 5. The van der Waals surface area contributed by atoms with Crippen LogP contribution in [0.1, 0.15) is 65.4 Å². The summed E-state index contributed by atoms with van der Waals surface area (Å²) in [6.45, 7) is 7.96. The summed E-state index contributed by atoms with van der Waals surface area (Å²) < 4.78 is 5.40. The number of hydrogen-bond acceptors (Lipinski definition) is 7. The van der Waals surface area contributed by atoms with Gasteiger partial charge in [0.2, 0.25) is 17.6 Å². The maximum absolute atomic E-state index is 12.8. The van der Waals surface area contributed by atoms with Crippen LogP contribution in [0.4, 0.5) is 0 Å². The molecule has 12 nitrogen and oxygen atoms in total. The van der Waals surface area contributed by atoms with Gasteiger partial charge in [0.25, 0.3) is 0 Å². The van der Waals surface area contributed by atoms with E-state index in [4.69, 9.17) is 10.3 Å². The average molecular weight is 584 g/mol. The summed E-state index contributed by atoms with van der Waals surface area (Å²) in [6, 6.07) is 7.03. The van der Waals surface area contributed by atoms with E-state index in [9.17, 15) is 19.2 Å². The van der Waals surface area contributed by atoms with E-state index in [1.807, 2.05) is 24.4 Å². The van der Waals surface area contributed by atoms with E-state index in [0.29, 0.717) is 26.1 Å². The molecule has 0 bridgehead atoms. The number of benzene rings is 1. The highest BCUT2D eigenvalue weighted by Crippen LogP contribution is 2.19. The van der Waals surface area contributed by atoms with Crippen LogP contribution in [-0.2, 0) is 30.3 Å². The fourth-order valence-corrected chi connectivity index (χ4v) is 4.71. The first kappa shape index (κ1) is 34.3. The van der Waals surface area contributed by atoms with Crippen molar-refractivity contribution >= 4 is 40.7 Å². The highest BCUT2D eigenvalue weighted by atomic mass is 16.5. The molecule has 1 aromatic heterocycles. The number of ether oxygens (including phenoxy) is 1. The van der Waals surface area contributed by atoms with Crippen LogP contribution in [0.3, 0.4) is 0 Å². The summed E-state index contributed by atoms with van der Waals surface area (Å²) in [6.07, 6.45) is 5.64. The van der Waals surface area contributed by atoms with Crippen LogP contribution < -0.4 is 21.3 Å². The Kier molecular flexibility index (Phi) is 15.2. The normalized spacial score (nSPS) is 13.2. The third kappa shape index (κ3) is 13.2. The minimum Gasteiger partial charge on any atom is -0.462 e. The number of unbranched alkanes of at least 4 members (excludes halogenated alkanes) is 1. The standard InChI is InChI=1S/C30H45N7O5/c1-20(2)42-30(41)29(13-12-26(40)19-36-31)35-17-24(9-7-8-14-32-21(3)38)33-18-25(37-22(4)39)15-23-16-34-28-11-6-5-10-27(23)28/h5-6,10-11,16,19-20,24-25,29,33-35H,7-9,12-15,17-18H2,1-4H3,(H,32,38)(H,37,39). The van der Waals surface area contributed by atoms with Crippen molar-refractivity contribution in [2.24, 2.45) is 0 Å². The molecule has 2 aromatic rings. The SMILES string of the molecule is CC(=O)NCCCCC(CNC(CCC(=O)C=[N+]=[N-])C(=O)OC(C)C)NCC(Cc1c[nH]c2ccccc12)NC(C)=O. The number of H-pyrrole nitrogens is 1. The summed E-state index contributed by atoms with van der Waals surface area (Å²) >= 11 is 0. The number of nitrogens with zero attached hydrogens (tertiary/aromatic N) is 2. The molecule has 230 valence electrons. The van der Waals surface area contributed by atoms with Crippen LogP contribution in [0.5, 0.6) is 0 Å². The van der Waals surface area contributed by atoms with Crippen LogP contribution in [-0.4, -0.2) is 83.4 Å². The van der Waals surface area contributed by atoms with Gasteiger partial charge in [0.15, 0.2) is 0 Å². The Morgan fingerprint density at radius 3 is 2.43 bits per heavy atom. The second-order valence-corrected chi connectivity index (χ2v) is 10.7. The molecule has 0 fully saturated rings. The van der Waals surface area contributed by atoms with Gasteiger partial charge in [-0.3, -0.25) is 19.2 Å². The molecule has 0 aliphatic rings. The van der Waals surface area contributed by atoms with E-state index in [1.165, 1.54) is 13.8 Å². The largest absolute Gasteiger partial charge is 0.462 e. The number of nitrogens with one attached hydrogen (secondary N) is 5. The van der Waals surface area contributed by atoms with Crippen molar-refractivity contribution in [3.8, 4) is 0 Å². The van der Waals surface area contributed by atoms with Crippen molar-refractivity contribution in [2.45, 2.75) is 90.4 Å². The number of carbonyl (C=O) groups excluding carboxylic acids is 4. The second-order valence-electron chi connectivity index (χ2n) is 10.7. The summed E-state index contributed by atoms with van der Waals surface area (Å²) in [4.78, 5) is 54.0. The number of carbonyl (C=O) groups is 4. The van der Waals surface area contributed by atoms with Gasteiger partial charge in [0.05, 0.1) is 6.10 Å². The molecular weight excluding hydrogens is 538 g/mol. The van der Waals surface area contributed by atoms with E-state index >= 15 is 0 Å². The van der Waals surface area contributed by atoms with E-state index in [2.05, 4.69) is 37.1 Å². The van der Waals surface area contributed by atoms with Crippen LogP contribution in [0.25, 0.3) is 16.4 Å². The highest BCUT2D eigenvalue weighted by molar-refractivity contribution is 6.25. The maximum atomic E-state index is 12.8. The van der Waals surface area contributed by atoms with Gasteiger partial charge >= 0.3 is 12.2 Å². The number of para-hydroxylation sites is 1. The highest BCUT2D eigenvalue weighted by Gasteiger charge is 2.24. The number of esters is 1. The smallest absolute Gasteiger partial charge is 0.323 e. The van der Waals surface area contributed by atoms with Crippen LogP contribution in [0.15, 0.2) is 30.5 Å². The van der Waals surface area contributed by atoms with Gasteiger partial charge in [-0.15, -0.1) is 0 Å². The Hall–Kier alpha value is -3.86. The zero-order valence-electron chi connectivity index (χ0n) is 25.1. The average Bonchev–Trinajstić information content (AvgIpc) is 3.32. The minimum atomic E-state index is -0.732. The monoisotopic (exact) mass is 583 g/mol. The van der Waals surface area contributed by atoms with Crippen molar-refractivity contribution in [3.63, 3.8) is 0 Å². The van der Waals surface area contributed by atoms with Gasteiger partial charge in [0.1, 0.15) is 6.04 Å². The molecule has 0 saturated carbocycles. The molecule has 1 heterocycles. The van der Waals surface area contributed by atoms with Crippen molar-refractivity contribution < 1.29 is 28.7 Å². The van der Waals surface area contributed by atoms with Gasteiger partial charge in [0, 0.05) is 69.1 Å². The summed E-state index contributed by atoms with van der Waals surface area (Å²) in [7, 11) is 0. The van der Waals surface area contributed by atoms with Crippen molar-refractivity contribution in [1.29, 1.82) is 0 Å². The quantitative estimate of drug-likeness (QED) is 0.0520. The van der Waals surface area contributed by atoms with Crippen molar-refractivity contribution in [1.82, 2.24) is 26.3 Å². The number of fused-ring (bicyclic) bond motifs is 1. The molecule has 0 aliphatic heterocycles. The topological polar surface area (TPSA) is 178 Å². The molecule has 42 heavy (non-hydrogen) atoms. The number of aromatic nitrogens is 1. The third-order valence-corrected chi connectivity index (χ3v) is 6.68. The lowest BCUT2D eigenvalue weighted by atomic mass is 10.0. The van der Waals surface area contributed by atoms with Gasteiger partial charge in [-0.25, -0.2) is 0 Å². The molecule has 12 heteroatoms. The Labute approximate surface area is 247 Å². The first-order valence-electron chi connectivity index (χ1n) is 14.5. The van der Waals surface area contributed by atoms with E-state index in [0.717, 1.165) is 41.9 Å². The fourth-order valence-electron chi connectivity index (χ4n) is 4.71. The van der Waals surface area contributed by atoms with Gasteiger partial charge < -0.3 is 36.5 Å². The van der Waals surface area contributed by atoms with Gasteiger partial charge in [-0.05, 0) is 51.2 Å². The summed E-state index contributed by atoms with van der Waals surface area (Å²) in [5, 5.41) is 13.8. The first-order chi connectivity index (χ1) is 20.1. The lowest BCUT2D eigenvalue weighted by Crippen LogP contribution is -2.50. The van der Waals surface area contributed by atoms with Crippen molar-refractivity contribution in [2.75, 3.05) is 19.6 Å². The molecule has 3 unspecified atom stereocenters. The molecule has 0 aliphatic carbocycles. The Morgan fingerprint density at radius 2 is 1.74 bits per heavy atom. The first-order valence-corrected chi connectivity index (χ1v) is 14.5. The third-order valence-electron chi connectivity index (χ3n) is 6.68. The number of ketones is 1. The van der Waals surface area contributed by atoms with Crippen LogP contribution in [0.2, 0.25) is 0 Å². The van der Waals surface area contributed by atoms with Crippen molar-refractivity contribution in [3.05, 3.63) is 41.6 Å². The lowest BCUT2D eigenvalue weighted by molar-refractivity contribution is -0.150.